The van der Waals surface area contributed by atoms with Gasteiger partial charge in [0.25, 0.3) is 11.8 Å². The summed E-state index contributed by atoms with van der Waals surface area (Å²) in [4.78, 5) is 38.2. The van der Waals surface area contributed by atoms with Gasteiger partial charge >= 0.3 is 5.97 Å². The molecule has 1 aliphatic rings. The van der Waals surface area contributed by atoms with Gasteiger partial charge in [0.15, 0.2) is 0 Å². The van der Waals surface area contributed by atoms with Crippen LogP contribution in [0, 0.1) is 0 Å². The molecule has 0 aromatic heterocycles. The summed E-state index contributed by atoms with van der Waals surface area (Å²) >= 11 is 0. The van der Waals surface area contributed by atoms with Crippen molar-refractivity contribution < 1.29 is 19.1 Å². The Morgan fingerprint density at radius 3 is 1.92 bits per heavy atom. The molecule has 0 unspecified atom stereocenters. The quantitative estimate of drug-likeness (QED) is 0.641. The lowest BCUT2D eigenvalue weighted by Gasteiger charge is -2.23. The first-order valence-electron chi connectivity index (χ1n) is 7.73. The summed E-state index contributed by atoms with van der Waals surface area (Å²) in [6.45, 7) is 3.25. The average molecular weight is 323 g/mol. The van der Waals surface area contributed by atoms with Crippen LogP contribution in [0.2, 0.25) is 0 Å². The third-order valence-corrected chi connectivity index (χ3v) is 4.12. The highest BCUT2D eigenvalue weighted by Crippen LogP contribution is 2.26. The Hall–Kier alpha value is -2.95. The summed E-state index contributed by atoms with van der Waals surface area (Å²) in [5.41, 5.74) is 1.48. The van der Waals surface area contributed by atoms with Crippen LogP contribution in [0.5, 0.6) is 0 Å². The van der Waals surface area contributed by atoms with Crippen molar-refractivity contribution in [2.45, 2.75) is 26.0 Å². The fourth-order valence-corrected chi connectivity index (χ4v) is 2.73. The van der Waals surface area contributed by atoms with Gasteiger partial charge in [-0.15, -0.1) is 0 Å². The number of fused-ring (bicyclic) bond motifs is 1. The zero-order chi connectivity index (χ0) is 17.3. The van der Waals surface area contributed by atoms with Crippen LogP contribution in [-0.2, 0) is 9.53 Å². The number of hydrogen-bond acceptors (Lipinski definition) is 4. The number of imide groups is 1. The van der Waals surface area contributed by atoms with E-state index in [9.17, 15) is 14.4 Å². The van der Waals surface area contributed by atoms with Crippen LogP contribution in [0.4, 0.5) is 0 Å². The Kier molecular flexibility index (Phi) is 4.16. The average Bonchev–Trinajstić information content (AvgIpc) is 2.86. The maximum absolute atomic E-state index is 12.4. The second-order valence-electron chi connectivity index (χ2n) is 5.69. The standard InChI is InChI=1S/C19H17NO4/c1-12(19(23)24-13(2)14-8-4-3-5-9-14)20-17(21)15-10-6-7-11-16(15)18(20)22/h3-13H,1-2H3/t12-,13+/m0/s1. The lowest BCUT2D eigenvalue weighted by Crippen LogP contribution is -2.43. The number of rotatable bonds is 4. The van der Waals surface area contributed by atoms with Gasteiger partial charge in [-0.05, 0) is 31.5 Å². The predicted molar refractivity (Wildman–Crippen MR) is 87.4 cm³/mol. The smallest absolute Gasteiger partial charge is 0.329 e. The molecule has 5 heteroatoms. The fourth-order valence-electron chi connectivity index (χ4n) is 2.73. The minimum Gasteiger partial charge on any atom is -0.456 e. The van der Waals surface area contributed by atoms with E-state index in [0.717, 1.165) is 10.5 Å². The highest BCUT2D eigenvalue weighted by atomic mass is 16.5. The van der Waals surface area contributed by atoms with Crippen molar-refractivity contribution in [2.75, 3.05) is 0 Å². The van der Waals surface area contributed by atoms with Crippen molar-refractivity contribution in [3.63, 3.8) is 0 Å². The zero-order valence-electron chi connectivity index (χ0n) is 13.4. The van der Waals surface area contributed by atoms with Crippen LogP contribution >= 0.6 is 0 Å². The number of hydrogen-bond donors (Lipinski definition) is 0. The molecule has 0 radical (unpaired) electrons. The van der Waals surface area contributed by atoms with Crippen molar-refractivity contribution in [3.05, 3.63) is 71.3 Å². The van der Waals surface area contributed by atoms with Gasteiger partial charge in [-0.25, -0.2) is 4.79 Å². The van der Waals surface area contributed by atoms with Gasteiger partial charge in [0.1, 0.15) is 12.1 Å². The molecule has 2 atom stereocenters. The number of benzene rings is 2. The second kappa shape index (κ2) is 6.28. The number of nitrogens with zero attached hydrogens (tertiary/aromatic N) is 1. The van der Waals surface area contributed by atoms with Crippen molar-refractivity contribution in [2.24, 2.45) is 0 Å². The Labute approximate surface area is 139 Å². The number of carbonyl (C=O) groups excluding carboxylic acids is 3. The normalized spacial score (nSPS) is 15.8. The minimum atomic E-state index is -0.983. The molecule has 3 rings (SSSR count). The van der Waals surface area contributed by atoms with Crippen molar-refractivity contribution in [3.8, 4) is 0 Å². The van der Waals surface area contributed by atoms with E-state index < -0.39 is 29.9 Å². The van der Waals surface area contributed by atoms with E-state index in [0.29, 0.717) is 11.1 Å². The van der Waals surface area contributed by atoms with Crippen LogP contribution in [0.25, 0.3) is 0 Å². The molecular weight excluding hydrogens is 306 g/mol. The molecule has 122 valence electrons. The molecule has 2 aromatic carbocycles. The third kappa shape index (κ3) is 2.69. The number of ether oxygens (including phenoxy) is 1. The van der Waals surface area contributed by atoms with Crippen LogP contribution in [0.3, 0.4) is 0 Å². The van der Waals surface area contributed by atoms with E-state index >= 15 is 0 Å². The largest absolute Gasteiger partial charge is 0.456 e. The highest BCUT2D eigenvalue weighted by molar-refractivity contribution is 6.22. The minimum absolute atomic E-state index is 0.318. The van der Waals surface area contributed by atoms with Crippen molar-refractivity contribution >= 4 is 17.8 Å². The molecule has 0 aliphatic carbocycles. The molecule has 1 heterocycles. The second-order valence-corrected chi connectivity index (χ2v) is 5.69. The first kappa shape index (κ1) is 15.9. The lowest BCUT2D eigenvalue weighted by atomic mass is 10.1. The molecular formula is C19H17NO4. The Morgan fingerprint density at radius 1 is 0.875 bits per heavy atom. The van der Waals surface area contributed by atoms with Gasteiger partial charge in [0, 0.05) is 0 Å². The molecule has 0 spiro atoms. The molecule has 24 heavy (non-hydrogen) atoms. The van der Waals surface area contributed by atoms with Crippen LogP contribution in [0.15, 0.2) is 54.6 Å². The van der Waals surface area contributed by atoms with Crippen molar-refractivity contribution in [1.29, 1.82) is 0 Å². The zero-order valence-corrected chi connectivity index (χ0v) is 13.4. The monoisotopic (exact) mass is 323 g/mol. The van der Waals surface area contributed by atoms with E-state index in [-0.39, 0.29) is 0 Å². The van der Waals surface area contributed by atoms with Gasteiger partial charge in [-0.1, -0.05) is 42.5 Å². The van der Waals surface area contributed by atoms with Crippen molar-refractivity contribution in [1.82, 2.24) is 4.90 Å². The van der Waals surface area contributed by atoms with Gasteiger partial charge in [0.2, 0.25) is 0 Å². The first-order chi connectivity index (χ1) is 11.5. The van der Waals surface area contributed by atoms with Crippen LogP contribution in [-0.4, -0.2) is 28.7 Å². The highest BCUT2D eigenvalue weighted by Gasteiger charge is 2.41. The molecule has 0 saturated heterocycles. The van der Waals surface area contributed by atoms with E-state index in [1.165, 1.54) is 6.92 Å². The summed E-state index contributed by atoms with van der Waals surface area (Å²) in [6, 6.07) is 14.8. The van der Waals surface area contributed by atoms with E-state index in [2.05, 4.69) is 0 Å². The van der Waals surface area contributed by atoms with Crippen LogP contribution < -0.4 is 0 Å². The predicted octanol–water partition coefficient (Wildman–Crippen LogP) is 2.98. The molecule has 0 N–H and O–H groups in total. The molecule has 2 amide bonds. The van der Waals surface area contributed by atoms with Gasteiger partial charge in [-0.3, -0.25) is 14.5 Å². The third-order valence-electron chi connectivity index (χ3n) is 4.12. The molecule has 0 bridgehead atoms. The Bertz CT molecular complexity index is 765. The van der Waals surface area contributed by atoms with Crippen LogP contribution in [0.1, 0.15) is 46.2 Å². The number of amides is 2. The van der Waals surface area contributed by atoms with E-state index in [1.807, 2.05) is 30.3 Å². The molecule has 1 aliphatic heterocycles. The topological polar surface area (TPSA) is 63.7 Å². The van der Waals surface area contributed by atoms with Gasteiger partial charge in [-0.2, -0.15) is 0 Å². The summed E-state index contributed by atoms with van der Waals surface area (Å²) < 4.78 is 5.42. The van der Waals surface area contributed by atoms with E-state index in [1.54, 1.807) is 31.2 Å². The summed E-state index contributed by atoms with van der Waals surface area (Å²) in [5, 5.41) is 0. The molecule has 0 saturated carbocycles. The SMILES string of the molecule is C[C@@H](OC(=O)[C@H](C)N1C(=O)c2ccccc2C1=O)c1ccccc1. The Morgan fingerprint density at radius 2 is 1.38 bits per heavy atom. The molecule has 0 fully saturated rings. The number of esters is 1. The Balaban J connectivity index is 1.75. The lowest BCUT2D eigenvalue weighted by molar-refractivity contribution is -0.152. The van der Waals surface area contributed by atoms with E-state index in [4.69, 9.17) is 4.74 Å². The summed E-state index contributed by atoms with van der Waals surface area (Å²) in [5.74, 6) is -1.54. The molecule has 5 nitrogen and oxygen atoms in total. The summed E-state index contributed by atoms with van der Waals surface area (Å²) in [6.07, 6.45) is -0.462. The fraction of sp³-hybridized carbons (Fsp3) is 0.211. The maximum atomic E-state index is 12.4. The first-order valence-corrected chi connectivity index (χ1v) is 7.73. The number of carbonyl (C=O) groups is 3. The maximum Gasteiger partial charge on any atom is 0.329 e. The van der Waals surface area contributed by atoms with Gasteiger partial charge < -0.3 is 4.74 Å². The van der Waals surface area contributed by atoms with Gasteiger partial charge in [0.05, 0.1) is 11.1 Å². The summed E-state index contributed by atoms with van der Waals surface area (Å²) in [7, 11) is 0. The molecule has 2 aromatic rings.